The SMILES string of the molecule is CC(C)(CNCO)c1c[nH]c2ccccc12. The Kier molecular flexibility index (Phi) is 2.99. The Balaban J connectivity index is 2.38. The van der Waals surface area contributed by atoms with E-state index in [1.807, 2.05) is 6.07 Å². The van der Waals surface area contributed by atoms with Crippen LogP contribution in [0.5, 0.6) is 0 Å². The summed E-state index contributed by atoms with van der Waals surface area (Å²) in [7, 11) is 0. The summed E-state index contributed by atoms with van der Waals surface area (Å²) in [6.45, 7) is 5.12. The molecule has 3 heteroatoms. The van der Waals surface area contributed by atoms with E-state index in [0.717, 1.165) is 12.1 Å². The van der Waals surface area contributed by atoms with Crippen molar-refractivity contribution < 1.29 is 5.11 Å². The second-order valence-electron chi connectivity index (χ2n) is 4.72. The molecule has 0 saturated carbocycles. The van der Waals surface area contributed by atoms with E-state index in [-0.39, 0.29) is 12.1 Å². The minimum Gasteiger partial charge on any atom is -0.381 e. The number of benzene rings is 1. The first-order chi connectivity index (χ1) is 7.65. The van der Waals surface area contributed by atoms with Gasteiger partial charge >= 0.3 is 0 Å². The third kappa shape index (κ3) is 1.96. The number of fused-ring (bicyclic) bond motifs is 1. The van der Waals surface area contributed by atoms with Crippen LogP contribution in [0.2, 0.25) is 0 Å². The predicted molar refractivity (Wildman–Crippen MR) is 66.4 cm³/mol. The Morgan fingerprint density at radius 1 is 1.31 bits per heavy atom. The first-order valence-electron chi connectivity index (χ1n) is 5.53. The van der Waals surface area contributed by atoms with Crippen molar-refractivity contribution >= 4 is 10.9 Å². The molecule has 2 aromatic rings. The topological polar surface area (TPSA) is 48.0 Å². The maximum Gasteiger partial charge on any atom is 0.0931 e. The highest BCUT2D eigenvalue weighted by Gasteiger charge is 2.23. The van der Waals surface area contributed by atoms with Gasteiger partial charge in [0.05, 0.1) is 6.73 Å². The van der Waals surface area contributed by atoms with Crippen molar-refractivity contribution in [1.82, 2.24) is 10.3 Å². The molecule has 0 bridgehead atoms. The molecule has 1 heterocycles. The van der Waals surface area contributed by atoms with Gasteiger partial charge in [0, 0.05) is 29.1 Å². The fraction of sp³-hybridized carbons (Fsp3) is 0.385. The summed E-state index contributed by atoms with van der Waals surface area (Å²) in [5, 5.41) is 13.1. The number of rotatable bonds is 4. The number of aliphatic hydroxyl groups is 1. The van der Waals surface area contributed by atoms with E-state index in [2.05, 4.69) is 48.5 Å². The van der Waals surface area contributed by atoms with Gasteiger partial charge in [-0.05, 0) is 11.6 Å². The van der Waals surface area contributed by atoms with Crippen LogP contribution < -0.4 is 5.32 Å². The fourth-order valence-corrected chi connectivity index (χ4v) is 2.10. The number of hydrogen-bond donors (Lipinski definition) is 3. The van der Waals surface area contributed by atoms with E-state index in [1.54, 1.807) is 0 Å². The molecule has 2 rings (SSSR count). The summed E-state index contributed by atoms with van der Waals surface area (Å²) < 4.78 is 0. The largest absolute Gasteiger partial charge is 0.381 e. The van der Waals surface area contributed by atoms with Crippen molar-refractivity contribution in [2.24, 2.45) is 0 Å². The molecule has 0 aliphatic carbocycles. The molecule has 1 aromatic carbocycles. The summed E-state index contributed by atoms with van der Waals surface area (Å²) in [5.74, 6) is 0. The smallest absolute Gasteiger partial charge is 0.0931 e. The lowest BCUT2D eigenvalue weighted by molar-refractivity contribution is 0.248. The van der Waals surface area contributed by atoms with Crippen molar-refractivity contribution in [2.75, 3.05) is 13.3 Å². The van der Waals surface area contributed by atoms with Gasteiger partial charge in [0.2, 0.25) is 0 Å². The fourth-order valence-electron chi connectivity index (χ4n) is 2.10. The molecule has 86 valence electrons. The Hall–Kier alpha value is -1.32. The van der Waals surface area contributed by atoms with Gasteiger partial charge in [-0.1, -0.05) is 32.0 Å². The molecule has 0 saturated heterocycles. The number of nitrogens with one attached hydrogen (secondary N) is 2. The zero-order valence-corrected chi connectivity index (χ0v) is 9.75. The third-order valence-electron chi connectivity index (χ3n) is 3.00. The van der Waals surface area contributed by atoms with Gasteiger partial charge in [0.1, 0.15) is 0 Å². The number of aromatic amines is 1. The van der Waals surface area contributed by atoms with E-state index in [4.69, 9.17) is 5.11 Å². The monoisotopic (exact) mass is 218 g/mol. The molecular weight excluding hydrogens is 200 g/mol. The zero-order chi connectivity index (χ0) is 11.6. The quantitative estimate of drug-likeness (QED) is 0.687. The lowest BCUT2D eigenvalue weighted by Crippen LogP contribution is -2.33. The molecular formula is C13H18N2O. The summed E-state index contributed by atoms with van der Waals surface area (Å²) in [5.41, 5.74) is 2.45. The summed E-state index contributed by atoms with van der Waals surface area (Å²) in [6.07, 6.45) is 2.06. The van der Waals surface area contributed by atoms with Gasteiger partial charge in [-0.25, -0.2) is 0 Å². The van der Waals surface area contributed by atoms with Crippen molar-refractivity contribution in [3.05, 3.63) is 36.0 Å². The summed E-state index contributed by atoms with van der Waals surface area (Å²) in [4.78, 5) is 3.28. The second-order valence-corrected chi connectivity index (χ2v) is 4.72. The Bertz CT molecular complexity index is 473. The van der Waals surface area contributed by atoms with Crippen LogP contribution in [0.25, 0.3) is 10.9 Å². The van der Waals surface area contributed by atoms with Crippen LogP contribution in [-0.4, -0.2) is 23.4 Å². The zero-order valence-electron chi connectivity index (χ0n) is 9.75. The molecule has 1 aromatic heterocycles. The van der Waals surface area contributed by atoms with E-state index in [0.29, 0.717) is 0 Å². The van der Waals surface area contributed by atoms with Crippen molar-refractivity contribution in [3.8, 4) is 0 Å². The van der Waals surface area contributed by atoms with Gasteiger partial charge in [-0.3, -0.25) is 5.32 Å². The summed E-state index contributed by atoms with van der Waals surface area (Å²) in [6, 6.07) is 8.28. The van der Waals surface area contributed by atoms with Gasteiger partial charge in [-0.2, -0.15) is 0 Å². The molecule has 3 nitrogen and oxygen atoms in total. The molecule has 0 fully saturated rings. The van der Waals surface area contributed by atoms with E-state index < -0.39 is 0 Å². The average molecular weight is 218 g/mol. The minimum absolute atomic E-state index is 0.00231. The lowest BCUT2D eigenvalue weighted by Gasteiger charge is -2.24. The van der Waals surface area contributed by atoms with Gasteiger partial charge in [0.15, 0.2) is 0 Å². The maximum absolute atomic E-state index is 8.82. The molecule has 0 atom stereocenters. The molecule has 0 aliphatic heterocycles. The van der Waals surface area contributed by atoms with Crippen LogP contribution in [0.4, 0.5) is 0 Å². The van der Waals surface area contributed by atoms with Gasteiger partial charge in [0.25, 0.3) is 0 Å². The molecule has 0 radical (unpaired) electrons. The average Bonchev–Trinajstić information content (AvgIpc) is 2.71. The molecule has 0 spiro atoms. The first kappa shape index (κ1) is 11.2. The number of H-pyrrole nitrogens is 1. The Morgan fingerprint density at radius 2 is 2.06 bits per heavy atom. The summed E-state index contributed by atoms with van der Waals surface area (Å²) >= 11 is 0. The highest BCUT2D eigenvalue weighted by molar-refractivity contribution is 5.84. The maximum atomic E-state index is 8.82. The minimum atomic E-state index is 0.00231. The van der Waals surface area contributed by atoms with Gasteiger partial charge in [-0.15, -0.1) is 0 Å². The lowest BCUT2D eigenvalue weighted by atomic mass is 9.84. The Morgan fingerprint density at radius 3 is 2.81 bits per heavy atom. The number of hydrogen-bond acceptors (Lipinski definition) is 2. The normalized spacial score (nSPS) is 12.2. The Labute approximate surface area is 95.5 Å². The van der Waals surface area contributed by atoms with Crippen LogP contribution in [-0.2, 0) is 5.41 Å². The molecule has 0 amide bonds. The van der Waals surface area contributed by atoms with Crippen molar-refractivity contribution in [3.63, 3.8) is 0 Å². The van der Waals surface area contributed by atoms with Crippen LogP contribution >= 0.6 is 0 Å². The van der Waals surface area contributed by atoms with Crippen LogP contribution in [0.1, 0.15) is 19.4 Å². The molecule has 3 N–H and O–H groups in total. The first-order valence-corrected chi connectivity index (χ1v) is 5.53. The van der Waals surface area contributed by atoms with Gasteiger partial charge < -0.3 is 10.1 Å². The van der Waals surface area contributed by atoms with E-state index >= 15 is 0 Å². The molecule has 0 unspecified atom stereocenters. The van der Waals surface area contributed by atoms with Crippen LogP contribution in [0.3, 0.4) is 0 Å². The number of aromatic nitrogens is 1. The van der Waals surface area contributed by atoms with Crippen LogP contribution in [0.15, 0.2) is 30.5 Å². The number of aliphatic hydroxyl groups excluding tert-OH is 1. The number of para-hydroxylation sites is 1. The van der Waals surface area contributed by atoms with Crippen LogP contribution in [0, 0.1) is 0 Å². The third-order valence-corrected chi connectivity index (χ3v) is 3.00. The van der Waals surface area contributed by atoms with Crippen molar-refractivity contribution in [2.45, 2.75) is 19.3 Å². The predicted octanol–water partition coefficient (Wildman–Crippen LogP) is 1.98. The standard InChI is InChI=1S/C13H18N2O/c1-13(2,8-14-9-16)11-7-15-12-6-4-3-5-10(11)12/h3-7,14-16H,8-9H2,1-2H3. The molecule has 0 aliphatic rings. The van der Waals surface area contributed by atoms with E-state index in [9.17, 15) is 0 Å². The highest BCUT2D eigenvalue weighted by Crippen LogP contribution is 2.29. The van der Waals surface area contributed by atoms with Crippen molar-refractivity contribution in [1.29, 1.82) is 0 Å². The second kappa shape index (κ2) is 4.28. The molecule has 16 heavy (non-hydrogen) atoms. The highest BCUT2D eigenvalue weighted by atomic mass is 16.3. The van der Waals surface area contributed by atoms with E-state index in [1.165, 1.54) is 10.9 Å².